The zero-order chi connectivity index (χ0) is 20.2. The van der Waals surface area contributed by atoms with Gasteiger partial charge in [-0.05, 0) is 62.6 Å². The van der Waals surface area contributed by atoms with Crippen LogP contribution >= 0.6 is 0 Å². The Kier molecular flexibility index (Phi) is 6.68. The molecule has 0 spiro atoms. The average Bonchev–Trinajstić information content (AvgIpc) is 2.55. The maximum absolute atomic E-state index is 13.8. The number of hydrogen-bond acceptors (Lipinski definition) is 3. The Morgan fingerprint density at radius 2 is 1.78 bits per heavy atom. The fraction of sp³-hybridized carbons (Fsp3) is 0.381. The summed E-state index contributed by atoms with van der Waals surface area (Å²) in [6.45, 7) is 5.52. The number of hydrogen-bond donors (Lipinski definition) is 3. The van der Waals surface area contributed by atoms with Crippen molar-refractivity contribution in [3.63, 3.8) is 0 Å². The summed E-state index contributed by atoms with van der Waals surface area (Å²) >= 11 is 0. The number of nitrogens with two attached hydrogens (primary N) is 1. The molecular formula is C21H26F2N2O2. The number of aliphatic hydroxyl groups excluding tert-OH is 1. The van der Waals surface area contributed by atoms with Crippen molar-refractivity contribution in [2.45, 2.75) is 51.3 Å². The lowest BCUT2D eigenvalue weighted by molar-refractivity contribution is 0.0916. The van der Waals surface area contributed by atoms with E-state index >= 15 is 0 Å². The average molecular weight is 376 g/mol. The first kappa shape index (κ1) is 21.0. The second kappa shape index (κ2) is 8.59. The zero-order valence-corrected chi connectivity index (χ0v) is 15.8. The molecule has 146 valence electrons. The second-order valence-electron chi connectivity index (χ2n) is 7.74. The topological polar surface area (TPSA) is 75.3 Å². The van der Waals surface area contributed by atoms with Crippen molar-refractivity contribution in [1.29, 1.82) is 0 Å². The van der Waals surface area contributed by atoms with Gasteiger partial charge in [0.15, 0.2) is 0 Å². The zero-order valence-electron chi connectivity index (χ0n) is 15.8. The molecule has 4 nitrogen and oxygen atoms in total. The van der Waals surface area contributed by atoms with Crippen molar-refractivity contribution in [2.24, 2.45) is 5.73 Å². The summed E-state index contributed by atoms with van der Waals surface area (Å²) in [7, 11) is 0. The minimum Gasteiger partial charge on any atom is -0.391 e. The summed E-state index contributed by atoms with van der Waals surface area (Å²) in [5, 5.41) is 13.3. The van der Waals surface area contributed by atoms with Gasteiger partial charge >= 0.3 is 0 Å². The Bertz CT molecular complexity index is 803. The SMILES string of the molecule is CC(C)(C)NC(=O)c1ccc(F)cc1C[C@H](O)[C@H](N)Cc1ccccc1F. The van der Waals surface area contributed by atoms with E-state index in [1.807, 2.05) is 20.8 Å². The number of carbonyl (C=O) groups excluding carboxylic acids is 1. The molecule has 0 saturated carbocycles. The van der Waals surface area contributed by atoms with Gasteiger partial charge in [0.05, 0.1) is 6.10 Å². The Morgan fingerprint density at radius 3 is 2.41 bits per heavy atom. The molecule has 0 heterocycles. The van der Waals surface area contributed by atoms with Gasteiger partial charge in [-0.2, -0.15) is 0 Å². The van der Waals surface area contributed by atoms with E-state index in [2.05, 4.69) is 5.32 Å². The standard InChI is InChI=1S/C21H26F2N2O2/c1-21(2,3)25-20(27)16-9-8-15(22)10-14(16)12-19(26)18(24)11-13-6-4-5-7-17(13)23/h4-10,18-19,26H,11-12,24H2,1-3H3,(H,25,27)/t18-,19+/m1/s1. The number of aliphatic hydroxyl groups is 1. The van der Waals surface area contributed by atoms with Crippen molar-refractivity contribution < 1.29 is 18.7 Å². The van der Waals surface area contributed by atoms with Crippen LogP contribution in [0, 0.1) is 11.6 Å². The van der Waals surface area contributed by atoms with E-state index in [0.29, 0.717) is 11.1 Å². The second-order valence-corrected chi connectivity index (χ2v) is 7.74. The molecule has 0 unspecified atom stereocenters. The third-order valence-corrected chi connectivity index (χ3v) is 4.14. The summed E-state index contributed by atoms with van der Waals surface area (Å²) in [5.74, 6) is -1.25. The maximum Gasteiger partial charge on any atom is 0.251 e. The van der Waals surface area contributed by atoms with E-state index < -0.39 is 29.3 Å². The van der Waals surface area contributed by atoms with Crippen molar-refractivity contribution in [3.8, 4) is 0 Å². The Labute approximate surface area is 158 Å². The minimum atomic E-state index is -1.06. The first-order valence-electron chi connectivity index (χ1n) is 8.85. The van der Waals surface area contributed by atoms with E-state index in [1.54, 1.807) is 18.2 Å². The Morgan fingerprint density at radius 1 is 1.11 bits per heavy atom. The normalized spacial score (nSPS) is 13.9. The number of rotatable bonds is 6. The highest BCUT2D eigenvalue weighted by Crippen LogP contribution is 2.18. The fourth-order valence-electron chi connectivity index (χ4n) is 2.79. The smallest absolute Gasteiger partial charge is 0.251 e. The van der Waals surface area contributed by atoms with E-state index in [-0.39, 0.29) is 24.3 Å². The van der Waals surface area contributed by atoms with Gasteiger partial charge in [0, 0.05) is 23.6 Å². The molecule has 0 aromatic heterocycles. The minimum absolute atomic E-state index is 0.0136. The van der Waals surface area contributed by atoms with Gasteiger partial charge in [-0.1, -0.05) is 18.2 Å². The van der Waals surface area contributed by atoms with Gasteiger partial charge in [0.25, 0.3) is 5.91 Å². The van der Waals surface area contributed by atoms with Crippen molar-refractivity contribution >= 4 is 5.91 Å². The predicted octanol–water partition coefficient (Wildman–Crippen LogP) is 2.97. The fourth-order valence-corrected chi connectivity index (χ4v) is 2.79. The summed E-state index contributed by atoms with van der Waals surface area (Å²) < 4.78 is 27.5. The van der Waals surface area contributed by atoms with Crippen LogP contribution in [0.5, 0.6) is 0 Å². The third kappa shape index (κ3) is 6.12. The summed E-state index contributed by atoms with van der Waals surface area (Å²) in [4.78, 5) is 12.5. The molecule has 0 aliphatic heterocycles. The van der Waals surface area contributed by atoms with Gasteiger partial charge in [0.2, 0.25) is 0 Å². The molecule has 0 aliphatic carbocycles. The van der Waals surface area contributed by atoms with Gasteiger partial charge in [0.1, 0.15) is 11.6 Å². The Hall–Kier alpha value is -2.31. The van der Waals surface area contributed by atoms with Gasteiger partial charge in [-0.15, -0.1) is 0 Å². The molecule has 6 heteroatoms. The van der Waals surface area contributed by atoms with Crippen LogP contribution in [0.4, 0.5) is 8.78 Å². The molecule has 1 amide bonds. The van der Waals surface area contributed by atoms with Crippen LogP contribution < -0.4 is 11.1 Å². The number of nitrogens with one attached hydrogen (secondary N) is 1. The quantitative estimate of drug-likeness (QED) is 0.726. The molecule has 27 heavy (non-hydrogen) atoms. The van der Waals surface area contributed by atoms with E-state index in [9.17, 15) is 18.7 Å². The molecule has 2 aromatic carbocycles. The van der Waals surface area contributed by atoms with Gasteiger partial charge in [-0.3, -0.25) is 4.79 Å². The highest BCUT2D eigenvalue weighted by atomic mass is 19.1. The largest absolute Gasteiger partial charge is 0.391 e. The lowest BCUT2D eigenvalue weighted by atomic mass is 9.94. The monoisotopic (exact) mass is 376 g/mol. The van der Waals surface area contributed by atoms with Crippen LogP contribution in [0.25, 0.3) is 0 Å². The van der Waals surface area contributed by atoms with Crippen LogP contribution in [0.3, 0.4) is 0 Å². The summed E-state index contributed by atoms with van der Waals surface area (Å²) in [6, 6.07) is 9.25. The van der Waals surface area contributed by atoms with Crippen LogP contribution in [0.15, 0.2) is 42.5 Å². The van der Waals surface area contributed by atoms with Crippen molar-refractivity contribution in [3.05, 3.63) is 70.8 Å². The number of halogens is 2. The third-order valence-electron chi connectivity index (χ3n) is 4.14. The molecular weight excluding hydrogens is 350 g/mol. The first-order chi connectivity index (χ1) is 12.6. The van der Waals surface area contributed by atoms with Crippen LogP contribution in [0.2, 0.25) is 0 Å². The highest BCUT2D eigenvalue weighted by Gasteiger charge is 2.23. The molecule has 2 rings (SSSR count). The number of benzene rings is 2. The molecule has 2 aromatic rings. The van der Waals surface area contributed by atoms with Gasteiger partial charge < -0.3 is 16.2 Å². The van der Waals surface area contributed by atoms with Crippen molar-refractivity contribution in [2.75, 3.05) is 0 Å². The Balaban J connectivity index is 2.16. The van der Waals surface area contributed by atoms with E-state index in [1.165, 1.54) is 24.3 Å². The molecule has 0 bridgehead atoms. The molecule has 0 saturated heterocycles. The molecule has 2 atom stereocenters. The van der Waals surface area contributed by atoms with Gasteiger partial charge in [-0.25, -0.2) is 8.78 Å². The lowest BCUT2D eigenvalue weighted by Crippen LogP contribution is -2.42. The van der Waals surface area contributed by atoms with Crippen LogP contribution in [-0.4, -0.2) is 28.7 Å². The van der Waals surface area contributed by atoms with Crippen molar-refractivity contribution in [1.82, 2.24) is 5.32 Å². The summed E-state index contributed by atoms with van der Waals surface area (Å²) in [5.41, 5.74) is 6.60. The summed E-state index contributed by atoms with van der Waals surface area (Å²) in [6.07, 6.45) is -0.944. The first-order valence-corrected chi connectivity index (χ1v) is 8.85. The molecule has 0 aliphatic rings. The van der Waals surface area contributed by atoms with Crippen LogP contribution in [-0.2, 0) is 12.8 Å². The number of amides is 1. The van der Waals surface area contributed by atoms with E-state index in [0.717, 1.165) is 0 Å². The highest BCUT2D eigenvalue weighted by molar-refractivity contribution is 5.96. The number of carbonyl (C=O) groups is 1. The molecule has 0 fully saturated rings. The van der Waals surface area contributed by atoms with E-state index in [4.69, 9.17) is 5.73 Å². The maximum atomic E-state index is 13.8. The lowest BCUT2D eigenvalue weighted by Gasteiger charge is -2.23. The molecule has 0 radical (unpaired) electrons. The molecule has 4 N–H and O–H groups in total. The van der Waals surface area contributed by atoms with Crippen LogP contribution in [0.1, 0.15) is 42.3 Å². The predicted molar refractivity (Wildman–Crippen MR) is 101 cm³/mol.